The lowest BCUT2D eigenvalue weighted by atomic mass is 9.95. The minimum Gasteiger partial charge on any atom is -0.493 e. The molecule has 0 radical (unpaired) electrons. The van der Waals surface area contributed by atoms with Gasteiger partial charge in [0.1, 0.15) is 12.4 Å². The van der Waals surface area contributed by atoms with Gasteiger partial charge in [-0.3, -0.25) is 4.79 Å². The van der Waals surface area contributed by atoms with Crippen molar-refractivity contribution in [3.05, 3.63) is 99.7 Å². The average molecular weight is 607 g/mol. The fraction of sp³-hybridized carbons (Fsp3) is 0.226. The SMILES string of the molecule is CCOC(=O)C1=C(C)NC(=O)N[C@H]1c1ccc(OCC(=O)N/N=C/c2ccc(OCc3cccc(Cl)c3)cc2)c(OC)c1. The molecule has 43 heavy (non-hydrogen) atoms. The second-order valence-electron chi connectivity index (χ2n) is 9.27. The average Bonchev–Trinajstić information content (AvgIpc) is 2.99. The summed E-state index contributed by atoms with van der Waals surface area (Å²) in [5, 5.41) is 9.95. The minimum atomic E-state index is -0.767. The van der Waals surface area contributed by atoms with E-state index in [4.69, 9.17) is 30.5 Å². The molecule has 224 valence electrons. The van der Waals surface area contributed by atoms with Gasteiger partial charge in [-0.2, -0.15) is 5.10 Å². The van der Waals surface area contributed by atoms with Crippen LogP contribution in [-0.2, 0) is 20.9 Å². The van der Waals surface area contributed by atoms with E-state index in [9.17, 15) is 14.4 Å². The van der Waals surface area contributed by atoms with Gasteiger partial charge in [0, 0.05) is 10.7 Å². The molecule has 0 aliphatic carbocycles. The van der Waals surface area contributed by atoms with Gasteiger partial charge in [0.25, 0.3) is 5.91 Å². The van der Waals surface area contributed by atoms with Crippen LogP contribution in [0.25, 0.3) is 0 Å². The first kappa shape index (κ1) is 30.9. The normalized spacial score (nSPS) is 14.5. The van der Waals surface area contributed by atoms with Crippen LogP contribution in [-0.4, -0.2) is 44.4 Å². The number of nitrogens with one attached hydrogen (secondary N) is 3. The first-order valence-corrected chi connectivity index (χ1v) is 13.7. The van der Waals surface area contributed by atoms with Crippen LogP contribution in [0, 0.1) is 0 Å². The van der Waals surface area contributed by atoms with Gasteiger partial charge in [0.05, 0.1) is 31.5 Å². The molecule has 3 amide bonds. The Morgan fingerprint density at radius 3 is 2.56 bits per heavy atom. The predicted octanol–water partition coefficient (Wildman–Crippen LogP) is 4.65. The number of urea groups is 1. The van der Waals surface area contributed by atoms with Crippen LogP contribution in [0.1, 0.15) is 36.6 Å². The van der Waals surface area contributed by atoms with Crippen molar-refractivity contribution < 1.29 is 33.3 Å². The highest BCUT2D eigenvalue weighted by atomic mass is 35.5. The second kappa shape index (κ2) is 14.7. The van der Waals surface area contributed by atoms with Gasteiger partial charge in [-0.05, 0) is 79.1 Å². The zero-order valence-corrected chi connectivity index (χ0v) is 24.6. The summed E-state index contributed by atoms with van der Waals surface area (Å²) in [6.45, 7) is 3.57. The number of hydrazone groups is 1. The van der Waals surface area contributed by atoms with E-state index in [1.54, 1.807) is 62.4 Å². The molecule has 1 aliphatic rings. The molecule has 0 bridgehead atoms. The summed E-state index contributed by atoms with van der Waals surface area (Å²) in [6.07, 6.45) is 1.50. The maximum atomic E-state index is 12.6. The van der Waals surface area contributed by atoms with Gasteiger partial charge < -0.3 is 29.6 Å². The maximum absolute atomic E-state index is 12.6. The molecule has 4 rings (SSSR count). The molecule has 1 atom stereocenters. The van der Waals surface area contributed by atoms with E-state index >= 15 is 0 Å². The lowest BCUT2D eigenvalue weighted by Crippen LogP contribution is -2.45. The number of halogens is 1. The van der Waals surface area contributed by atoms with Crippen LogP contribution in [0.5, 0.6) is 17.2 Å². The van der Waals surface area contributed by atoms with Crippen molar-refractivity contribution in [1.29, 1.82) is 0 Å². The van der Waals surface area contributed by atoms with Crippen LogP contribution in [0.4, 0.5) is 4.79 Å². The van der Waals surface area contributed by atoms with E-state index in [-0.39, 0.29) is 24.5 Å². The summed E-state index contributed by atoms with van der Waals surface area (Å²) in [6, 6.07) is 18.3. The van der Waals surface area contributed by atoms with Crippen molar-refractivity contribution in [2.24, 2.45) is 5.10 Å². The Bertz CT molecular complexity index is 1540. The summed E-state index contributed by atoms with van der Waals surface area (Å²) in [5.74, 6) is 0.238. The molecular formula is C31H31ClN4O7. The Labute approximate surface area is 253 Å². The molecule has 1 heterocycles. The number of allylic oxidation sites excluding steroid dienone is 1. The molecule has 0 spiro atoms. The maximum Gasteiger partial charge on any atom is 0.338 e. The van der Waals surface area contributed by atoms with Gasteiger partial charge in [0.2, 0.25) is 0 Å². The zero-order valence-electron chi connectivity index (χ0n) is 23.8. The number of rotatable bonds is 12. The number of methoxy groups -OCH3 is 1. The molecule has 3 aromatic rings. The number of esters is 1. The first-order valence-electron chi connectivity index (χ1n) is 13.3. The van der Waals surface area contributed by atoms with E-state index in [1.165, 1.54) is 13.3 Å². The molecule has 0 fully saturated rings. The summed E-state index contributed by atoms with van der Waals surface area (Å²) >= 11 is 6.00. The van der Waals surface area contributed by atoms with Gasteiger partial charge in [-0.25, -0.2) is 15.0 Å². The first-order chi connectivity index (χ1) is 20.8. The van der Waals surface area contributed by atoms with Gasteiger partial charge in [-0.15, -0.1) is 0 Å². The molecule has 0 saturated carbocycles. The summed E-state index contributed by atoms with van der Waals surface area (Å²) in [7, 11) is 1.44. The van der Waals surface area contributed by atoms with Crippen LogP contribution in [0.15, 0.2) is 83.1 Å². The third-order valence-electron chi connectivity index (χ3n) is 6.22. The lowest BCUT2D eigenvalue weighted by Gasteiger charge is -2.28. The smallest absolute Gasteiger partial charge is 0.338 e. The number of carbonyl (C=O) groups is 3. The van der Waals surface area contributed by atoms with Crippen molar-refractivity contribution in [3.8, 4) is 17.2 Å². The topological polar surface area (TPSA) is 137 Å². The number of benzene rings is 3. The fourth-order valence-corrected chi connectivity index (χ4v) is 4.42. The number of ether oxygens (including phenoxy) is 4. The summed E-state index contributed by atoms with van der Waals surface area (Å²) in [4.78, 5) is 37.0. The van der Waals surface area contributed by atoms with E-state index in [0.717, 1.165) is 11.1 Å². The van der Waals surface area contributed by atoms with Crippen molar-refractivity contribution in [2.45, 2.75) is 26.5 Å². The molecule has 0 aromatic heterocycles. The highest BCUT2D eigenvalue weighted by Crippen LogP contribution is 2.34. The minimum absolute atomic E-state index is 0.186. The zero-order chi connectivity index (χ0) is 30.8. The highest BCUT2D eigenvalue weighted by Gasteiger charge is 2.32. The molecule has 11 nitrogen and oxygen atoms in total. The van der Waals surface area contributed by atoms with Crippen LogP contribution in [0.3, 0.4) is 0 Å². The Balaban J connectivity index is 1.31. The molecule has 3 aromatic carbocycles. The number of hydrogen-bond donors (Lipinski definition) is 3. The van der Waals surface area contributed by atoms with Crippen molar-refractivity contribution in [3.63, 3.8) is 0 Å². The Morgan fingerprint density at radius 1 is 1.05 bits per heavy atom. The van der Waals surface area contributed by atoms with E-state index in [1.807, 2.05) is 18.2 Å². The third kappa shape index (κ3) is 8.49. The quantitative estimate of drug-likeness (QED) is 0.155. The monoisotopic (exact) mass is 606 g/mol. The standard InChI is InChI=1S/C31H31ClN4O7/c1-4-41-30(38)28-19(2)34-31(39)35-29(28)22-10-13-25(26(15-22)40-3)43-18-27(37)36-33-16-20-8-11-24(12-9-20)42-17-21-6-5-7-23(32)14-21/h5-16,29H,4,17-18H2,1-3H3,(H,36,37)(H2,34,35,39)/b33-16+/t29-/m0/s1. The molecule has 1 aliphatic heterocycles. The Hall–Kier alpha value is -5.03. The number of hydrogen-bond acceptors (Lipinski definition) is 8. The van der Waals surface area contributed by atoms with Gasteiger partial charge >= 0.3 is 12.0 Å². The summed E-state index contributed by atoms with van der Waals surface area (Å²) < 4.78 is 22.0. The van der Waals surface area contributed by atoms with E-state index in [2.05, 4.69) is 21.2 Å². The van der Waals surface area contributed by atoms with E-state index in [0.29, 0.717) is 34.4 Å². The second-order valence-corrected chi connectivity index (χ2v) is 9.71. The molecular weight excluding hydrogens is 576 g/mol. The predicted molar refractivity (Wildman–Crippen MR) is 160 cm³/mol. The highest BCUT2D eigenvalue weighted by molar-refractivity contribution is 6.30. The van der Waals surface area contributed by atoms with E-state index < -0.39 is 23.9 Å². The lowest BCUT2D eigenvalue weighted by molar-refractivity contribution is -0.139. The van der Waals surface area contributed by atoms with Crippen LogP contribution >= 0.6 is 11.6 Å². The van der Waals surface area contributed by atoms with Crippen molar-refractivity contribution in [1.82, 2.24) is 16.1 Å². The number of nitrogens with zero attached hydrogens (tertiary/aromatic N) is 1. The van der Waals surface area contributed by atoms with Gasteiger partial charge in [0.15, 0.2) is 18.1 Å². The molecule has 3 N–H and O–H groups in total. The number of carbonyl (C=O) groups excluding carboxylic acids is 3. The number of amides is 3. The molecule has 12 heteroatoms. The molecule has 0 saturated heterocycles. The van der Waals surface area contributed by atoms with Crippen molar-refractivity contribution in [2.75, 3.05) is 20.3 Å². The fourth-order valence-electron chi connectivity index (χ4n) is 4.20. The summed E-state index contributed by atoms with van der Waals surface area (Å²) in [5.41, 5.74) is 5.36. The third-order valence-corrected chi connectivity index (χ3v) is 6.46. The molecule has 0 unspecified atom stereocenters. The van der Waals surface area contributed by atoms with Crippen LogP contribution < -0.4 is 30.3 Å². The van der Waals surface area contributed by atoms with Crippen LogP contribution in [0.2, 0.25) is 5.02 Å². The Kier molecular flexibility index (Phi) is 10.6. The van der Waals surface area contributed by atoms with Gasteiger partial charge in [-0.1, -0.05) is 29.8 Å². The van der Waals surface area contributed by atoms with Crippen molar-refractivity contribution >= 4 is 35.7 Å². The largest absolute Gasteiger partial charge is 0.493 e. The Morgan fingerprint density at radius 2 is 1.84 bits per heavy atom.